The molecule has 2 aromatic carbocycles. The summed E-state index contributed by atoms with van der Waals surface area (Å²) in [6.45, 7) is 3.18. The first-order chi connectivity index (χ1) is 11.4. The minimum absolute atomic E-state index is 0.157. The van der Waals surface area contributed by atoms with Crippen LogP contribution in [0.25, 0.3) is 0 Å². The van der Waals surface area contributed by atoms with Crippen LogP contribution in [0, 0.1) is 13.8 Å². The number of para-hydroxylation sites is 1. The number of hydrogen-bond donors (Lipinski definition) is 1. The van der Waals surface area contributed by atoms with Crippen LogP contribution in [0.2, 0.25) is 0 Å². The summed E-state index contributed by atoms with van der Waals surface area (Å²) in [4.78, 5) is 35.9. The standard InChI is InChI=1S/C18H15NO5/c1-10-4-3-5-11(2)16(10)24-12-6-7-13-14(8-12)18(23)19(17(13)22)9-15(20)21/h3-8H,9H2,1-2H3,(H,20,21). The Morgan fingerprint density at radius 1 is 1.04 bits per heavy atom. The SMILES string of the molecule is Cc1cccc(C)c1Oc1ccc2c(c1)C(=O)N(CC(=O)O)C2=O. The predicted octanol–water partition coefficient (Wildman–Crippen LogP) is 2.78. The summed E-state index contributed by atoms with van der Waals surface area (Å²) in [5.41, 5.74) is 2.25. The van der Waals surface area contributed by atoms with Gasteiger partial charge in [0.25, 0.3) is 11.8 Å². The number of carbonyl (C=O) groups is 3. The van der Waals surface area contributed by atoms with Crippen LogP contribution in [-0.4, -0.2) is 34.3 Å². The Morgan fingerprint density at radius 3 is 2.29 bits per heavy atom. The van der Waals surface area contributed by atoms with Crippen molar-refractivity contribution in [1.29, 1.82) is 0 Å². The molecule has 2 amide bonds. The number of nitrogens with zero attached hydrogens (tertiary/aromatic N) is 1. The molecule has 2 aromatic rings. The van der Waals surface area contributed by atoms with Crippen LogP contribution < -0.4 is 4.74 Å². The van der Waals surface area contributed by atoms with Crippen LogP contribution in [0.15, 0.2) is 36.4 Å². The number of imide groups is 1. The van der Waals surface area contributed by atoms with Crippen molar-refractivity contribution in [3.8, 4) is 11.5 Å². The van der Waals surface area contributed by atoms with Crippen LogP contribution in [-0.2, 0) is 4.79 Å². The number of carbonyl (C=O) groups excluding carboxylic acids is 2. The van der Waals surface area contributed by atoms with Crippen LogP contribution in [0.4, 0.5) is 0 Å². The highest BCUT2D eigenvalue weighted by Gasteiger charge is 2.37. The third kappa shape index (κ3) is 2.62. The Kier molecular flexibility index (Phi) is 3.81. The van der Waals surface area contributed by atoms with E-state index in [0.29, 0.717) is 11.5 Å². The molecular weight excluding hydrogens is 310 g/mol. The highest BCUT2D eigenvalue weighted by molar-refractivity contribution is 6.22. The number of ether oxygens (including phenoxy) is 1. The summed E-state index contributed by atoms with van der Waals surface area (Å²) in [5.74, 6) is -1.35. The molecule has 3 rings (SSSR count). The molecule has 0 saturated heterocycles. The van der Waals surface area contributed by atoms with Crippen molar-refractivity contribution < 1.29 is 24.2 Å². The van der Waals surface area contributed by atoms with E-state index in [-0.39, 0.29) is 11.1 Å². The van der Waals surface area contributed by atoms with E-state index in [1.807, 2.05) is 32.0 Å². The quantitative estimate of drug-likeness (QED) is 0.874. The van der Waals surface area contributed by atoms with Gasteiger partial charge in [-0.2, -0.15) is 0 Å². The van der Waals surface area contributed by atoms with Gasteiger partial charge in [0.2, 0.25) is 0 Å². The molecule has 0 aromatic heterocycles. The highest BCUT2D eigenvalue weighted by Crippen LogP contribution is 2.32. The molecule has 1 aliphatic heterocycles. The molecule has 0 atom stereocenters. The smallest absolute Gasteiger partial charge is 0.323 e. The first-order valence-electron chi connectivity index (χ1n) is 7.34. The van der Waals surface area contributed by atoms with Crippen molar-refractivity contribution in [1.82, 2.24) is 4.90 Å². The van der Waals surface area contributed by atoms with Crippen molar-refractivity contribution >= 4 is 17.8 Å². The third-order valence-corrected chi connectivity index (χ3v) is 3.86. The number of aryl methyl sites for hydroxylation is 2. The fourth-order valence-electron chi connectivity index (χ4n) is 2.69. The topological polar surface area (TPSA) is 83.9 Å². The number of aliphatic carboxylic acids is 1. The van der Waals surface area contributed by atoms with Crippen LogP contribution >= 0.6 is 0 Å². The Labute approximate surface area is 138 Å². The largest absolute Gasteiger partial charge is 0.480 e. The second kappa shape index (κ2) is 5.81. The van der Waals surface area contributed by atoms with E-state index in [4.69, 9.17) is 9.84 Å². The first-order valence-corrected chi connectivity index (χ1v) is 7.34. The Hall–Kier alpha value is -3.15. The average molecular weight is 325 g/mol. The van der Waals surface area contributed by atoms with E-state index in [9.17, 15) is 14.4 Å². The van der Waals surface area contributed by atoms with Crippen LogP contribution in [0.5, 0.6) is 11.5 Å². The number of benzene rings is 2. The minimum atomic E-state index is -1.24. The Balaban J connectivity index is 1.94. The molecule has 0 saturated carbocycles. The Bertz CT molecular complexity index is 851. The molecule has 0 aliphatic carbocycles. The molecule has 1 heterocycles. The molecule has 1 N–H and O–H groups in total. The normalized spacial score (nSPS) is 13.2. The number of fused-ring (bicyclic) bond motifs is 1. The molecule has 1 aliphatic rings. The molecule has 0 bridgehead atoms. The third-order valence-electron chi connectivity index (χ3n) is 3.86. The number of carboxylic acids is 1. The van der Waals surface area contributed by atoms with E-state index < -0.39 is 24.3 Å². The first kappa shape index (κ1) is 15.7. The van der Waals surface area contributed by atoms with E-state index in [1.165, 1.54) is 12.1 Å². The van der Waals surface area contributed by atoms with Gasteiger partial charge in [-0.1, -0.05) is 18.2 Å². The van der Waals surface area contributed by atoms with Gasteiger partial charge in [-0.15, -0.1) is 0 Å². The van der Waals surface area contributed by atoms with Gasteiger partial charge in [-0.05, 0) is 43.2 Å². The lowest BCUT2D eigenvalue weighted by molar-refractivity contribution is -0.137. The lowest BCUT2D eigenvalue weighted by Crippen LogP contribution is -2.34. The van der Waals surface area contributed by atoms with Gasteiger partial charge in [0.1, 0.15) is 18.0 Å². The van der Waals surface area contributed by atoms with Crippen LogP contribution in [0.3, 0.4) is 0 Å². The summed E-state index contributed by atoms with van der Waals surface area (Å²) in [6.07, 6.45) is 0. The second-order valence-corrected chi connectivity index (χ2v) is 5.62. The van der Waals surface area contributed by atoms with E-state index in [0.717, 1.165) is 16.0 Å². The summed E-state index contributed by atoms with van der Waals surface area (Å²) < 4.78 is 5.87. The van der Waals surface area contributed by atoms with Gasteiger partial charge in [-0.3, -0.25) is 19.3 Å². The molecule has 0 radical (unpaired) electrons. The van der Waals surface area contributed by atoms with Crippen molar-refractivity contribution in [2.24, 2.45) is 0 Å². The molecule has 0 unspecified atom stereocenters. The molecule has 122 valence electrons. The zero-order valence-electron chi connectivity index (χ0n) is 13.2. The number of carboxylic acid groups (broad SMARTS) is 1. The summed E-state index contributed by atoms with van der Waals surface area (Å²) in [6, 6.07) is 10.3. The van der Waals surface area contributed by atoms with Crippen molar-refractivity contribution in [3.05, 3.63) is 58.7 Å². The summed E-state index contributed by atoms with van der Waals surface area (Å²) in [5, 5.41) is 8.83. The van der Waals surface area contributed by atoms with Crippen molar-refractivity contribution in [2.45, 2.75) is 13.8 Å². The van der Waals surface area contributed by atoms with Gasteiger partial charge < -0.3 is 9.84 Å². The highest BCUT2D eigenvalue weighted by atomic mass is 16.5. The number of hydrogen-bond acceptors (Lipinski definition) is 4. The van der Waals surface area contributed by atoms with E-state index >= 15 is 0 Å². The van der Waals surface area contributed by atoms with E-state index in [2.05, 4.69) is 0 Å². The van der Waals surface area contributed by atoms with Gasteiger partial charge >= 0.3 is 5.97 Å². The van der Waals surface area contributed by atoms with Crippen molar-refractivity contribution in [3.63, 3.8) is 0 Å². The molecule has 24 heavy (non-hydrogen) atoms. The second-order valence-electron chi connectivity index (χ2n) is 5.62. The fraction of sp³-hybridized carbons (Fsp3) is 0.167. The number of amides is 2. The molecule has 0 fully saturated rings. The zero-order valence-corrected chi connectivity index (χ0v) is 13.2. The van der Waals surface area contributed by atoms with Gasteiger partial charge in [0.15, 0.2) is 0 Å². The summed E-state index contributed by atoms with van der Waals surface area (Å²) >= 11 is 0. The lowest BCUT2D eigenvalue weighted by atomic mass is 10.1. The molecular formula is C18H15NO5. The fourth-order valence-corrected chi connectivity index (χ4v) is 2.69. The molecule has 6 heteroatoms. The minimum Gasteiger partial charge on any atom is -0.480 e. The maximum atomic E-state index is 12.3. The van der Waals surface area contributed by atoms with Gasteiger partial charge in [0, 0.05) is 0 Å². The van der Waals surface area contributed by atoms with Gasteiger partial charge in [0.05, 0.1) is 11.1 Å². The lowest BCUT2D eigenvalue weighted by Gasteiger charge is -2.12. The summed E-state index contributed by atoms with van der Waals surface area (Å²) in [7, 11) is 0. The van der Waals surface area contributed by atoms with Gasteiger partial charge in [-0.25, -0.2) is 0 Å². The Morgan fingerprint density at radius 2 is 1.67 bits per heavy atom. The predicted molar refractivity (Wildman–Crippen MR) is 85.4 cm³/mol. The zero-order chi connectivity index (χ0) is 17.4. The number of rotatable bonds is 4. The van der Waals surface area contributed by atoms with E-state index in [1.54, 1.807) is 6.07 Å². The van der Waals surface area contributed by atoms with Crippen LogP contribution in [0.1, 0.15) is 31.8 Å². The maximum Gasteiger partial charge on any atom is 0.323 e. The average Bonchev–Trinajstić information content (AvgIpc) is 2.75. The van der Waals surface area contributed by atoms with Crippen molar-refractivity contribution in [2.75, 3.05) is 6.54 Å². The molecule has 6 nitrogen and oxygen atoms in total. The monoisotopic (exact) mass is 325 g/mol. The maximum absolute atomic E-state index is 12.3. The molecule has 0 spiro atoms.